The Hall–Kier alpha value is -0.190. The van der Waals surface area contributed by atoms with Crippen molar-refractivity contribution >= 4 is 65.7 Å². The zero-order chi connectivity index (χ0) is 16.8. The van der Waals surface area contributed by atoms with Crippen molar-refractivity contribution < 1.29 is 28.6 Å². The lowest BCUT2D eigenvalue weighted by molar-refractivity contribution is -0.141. The maximum absolute atomic E-state index is 11.0. The second kappa shape index (κ2) is 14.4. The topological polar surface area (TPSA) is 82.1 Å². The van der Waals surface area contributed by atoms with Gasteiger partial charge in [0.2, 0.25) is 0 Å². The van der Waals surface area contributed by atoms with Crippen molar-refractivity contribution in [2.75, 3.05) is 55.4 Å². The summed E-state index contributed by atoms with van der Waals surface area (Å²) < 4.78 is 14.9. The summed E-state index contributed by atoms with van der Waals surface area (Å²) in [6, 6.07) is 0. The fourth-order valence-corrected chi connectivity index (χ4v) is 1.80. The third-order valence-corrected chi connectivity index (χ3v) is 3.71. The number of nitrogens with zero attached hydrogens (tertiary/aromatic N) is 1. The highest BCUT2D eigenvalue weighted by Gasteiger charge is 2.10. The van der Waals surface area contributed by atoms with E-state index in [2.05, 4.69) is 47.8 Å². The first-order valence-corrected chi connectivity index (χ1v) is 9.77. The van der Waals surface area contributed by atoms with Gasteiger partial charge in [0.05, 0.1) is 0 Å². The average molecular weight is 512 g/mol. The van der Waals surface area contributed by atoms with Gasteiger partial charge in [0.25, 0.3) is 0 Å². The van der Waals surface area contributed by atoms with Gasteiger partial charge < -0.3 is 14.2 Å². The number of hydrogen-bond donors (Lipinski definition) is 0. The van der Waals surface area contributed by atoms with Crippen LogP contribution in [0.2, 0.25) is 0 Å². The van der Waals surface area contributed by atoms with Crippen LogP contribution in [0.1, 0.15) is 0 Å². The minimum absolute atomic E-state index is 0.138. The number of carbonyl (C=O) groups excluding carboxylic acids is 3. The first-order valence-electron chi connectivity index (χ1n) is 6.40. The second-order valence-electron chi connectivity index (χ2n) is 3.90. The predicted octanol–water partition coefficient (Wildman–Crippen LogP) is 1.10. The first-order chi connectivity index (χ1) is 10.5. The molecule has 0 bridgehead atoms. The second-order valence-corrected chi connectivity index (χ2v) is 5.59. The van der Waals surface area contributed by atoms with E-state index in [4.69, 9.17) is 14.2 Å². The van der Waals surface area contributed by atoms with E-state index in [1.807, 2.05) is 4.90 Å². The van der Waals surface area contributed by atoms with E-state index >= 15 is 0 Å². The van der Waals surface area contributed by atoms with Gasteiger partial charge in [-0.2, -0.15) is 0 Å². The Balaban J connectivity index is 4.09. The van der Waals surface area contributed by atoms with Gasteiger partial charge in [-0.25, -0.2) is 0 Å². The third-order valence-electron chi connectivity index (χ3n) is 2.34. The monoisotopic (exact) mass is 509 g/mol. The molecule has 0 amide bonds. The van der Waals surface area contributed by atoms with Crippen molar-refractivity contribution in [3.63, 3.8) is 0 Å². The standard InChI is InChI=1S/C12H18Br3NO6/c13-7-10(17)20-4-1-16(2-5-21-11(18)8-14)3-6-22-12(19)9-15/h1-9H2. The van der Waals surface area contributed by atoms with Crippen molar-refractivity contribution in [2.24, 2.45) is 0 Å². The molecule has 0 fully saturated rings. The molecule has 0 aromatic carbocycles. The summed E-state index contributed by atoms with van der Waals surface area (Å²) in [6.07, 6.45) is 0. The highest BCUT2D eigenvalue weighted by Crippen LogP contribution is 1.95. The summed E-state index contributed by atoms with van der Waals surface area (Å²) in [5.41, 5.74) is 0. The predicted molar refractivity (Wildman–Crippen MR) is 90.7 cm³/mol. The van der Waals surface area contributed by atoms with Gasteiger partial charge in [-0.3, -0.25) is 19.3 Å². The molecule has 22 heavy (non-hydrogen) atoms. The van der Waals surface area contributed by atoms with E-state index < -0.39 is 0 Å². The van der Waals surface area contributed by atoms with Gasteiger partial charge in [0, 0.05) is 19.6 Å². The maximum atomic E-state index is 11.0. The lowest BCUT2D eigenvalue weighted by atomic mass is 10.4. The lowest BCUT2D eigenvalue weighted by Crippen LogP contribution is -2.35. The third kappa shape index (κ3) is 12.4. The average Bonchev–Trinajstić information content (AvgIpc) is 2.53. The van der Waals surface area contributed by atoms with E-state index in [0.717, 1.165) is 0 Å². The molecule has 0 aliphatic carbocycles. The van der Waals surface area contributed by atoms with E-state index in [1.54, 1.807) is 0 Å². The summed E-state index contributed by atoms with van der Waals surface area (Å²) in [7, 11) is 0. The highest BCUT2D eigenvalue weighted by molar-refractivity contribution is 9.09. The zero-order valence-corrected chi connectivity index (χ0v) is 16.7. The van der Waals surface area contributed by atoms with Crippen molar-refractivity contribution in [3.05, 3.63) is 0 Å². The van der Waals surface area contributed by atoms with Gasteiger partial charge >= 0.3 is 17.9 Å². The summed E-state index contributed by atoms with van der Waals surface area (Å²) in [4.78, 5) is 35.0. The molecule has 0 heterocycles. The Morgan fingerprint density at radius 1 is 0.636 bits per heavy atom. The van der Waals surface area contributed by atoms with Gasteiger partial charge in [0.1, 0.15) is 35.8 Å². The van der Waals surface area contributed by atoms with Gasteiger partial charge in [-0.15, -0.1) is 0 Å². The normalized spacial score (nSPS) is 10.4. The summed E-state index contributed by atoms with van der Waals surface area (Å²) in [5.74, 6) is -1.05. The van der Waals surface area contributed by atoms with Crippen molar-refractivity contribution in [3.8, 4) is 0 Å². The zero-order valence-electron chi connectivity index (χ0n) is 11.9. The van der Waals surface area contributed by atoms with Crippen LogP contribution >= 0.6 is 47.8 Å². The van der Waals surface area contributed by atoms with Crippen LogP contribution < -0.4 is 0 Å². The Morgan fingerprint density at radius 2 is 0.909 bits per heavy atom. The molecule has 0 spiro atoms. The molecular formula is C12H18Br3NO6. The molecule has 7 nitrogen and oxygen atoms in total. The Morgan fingerprint density at radius 3 is 1.14 bits per heavy atom. The van der Waals surface area contributed by atoms with Crippen LogP contribution in [0.5, 0.6) is 0 Å². The van der Waals surface area contributed by atoms with Crippen molar-refractivity contribution in [2.45, 2.75) is 0 Å². The molecule has 0 unspecified atom stereocenters. The number of rotatable bonds is 12. The molecule has 0 atom stereocenters. The van der Waals surface area contributed by atoms with Crippen LogP contribution in [0.15, 0.2) is 0 Å². The number of esters is 3. The summed E-state index contributed by atoms with van der Waals surface area (Å²) in [6.45, 7) is 2.00. The van der Waals surface area contributed by atoms with E-state index in [0.29, 0.717) is 19.6 Å². The maximum Gasteiger partial charge on any atom is 0.316 e. The summed E-state index contributed by atoms with van der Waals surface area (Å²) >= 11 is 9.00. The fourth-order valence-electron chi connectivity index (χ4n) is 1.32. The van der Waals surface area contributed by atoms with E-state index in [9.17, 15) is 14.4 Å². The van der Waals surface area contributed by atoms with Crippen LogP contribution in [0.3, 0.4) is 0 Å². The number of ether oxygens (including phenoxy) is 3. The smallest absolute Gasteiger partial charge is 0.316 e. The molecule has 0 radical (unpaired) electrons. The first kappa shape index (κ1) is 21.8. The molecule has 0 N–H and O–H groups in total. The molecule has 10 heteroatoms. The molecular weight excluding hydrogens is 494 g/mol. The van der Waals surface area contributed by atoms with Crippen LogP contribution in [0.4, 0.5) is 0 Å². The van der Waals surface area contributed by atoms with Gasteiger partial charge in [-0.1, -0.05) is 47.8 Å². The van der Waals surface area contributed by atoms with Crippen molar-refractivity contribution in [1.82, 2.24) is 4.90 Å². The Kier molecular flexibility index (Phi) is 14.3. The number of carbonyl (C=O) groups is 3. The largest absolute Gasteiger partial charge is 0.464 e. The number of hydrogen-bond acceptors (Lipinski definition) is 7. The lowest BCUT2D eigenvalue weighted by Gasteiger charge is -2.21. The molecule has 0 aliphatic heterocycles. The molecule has 0 aromatic rings. The van der Waals surface area contributed by atoms with Crippen LogP contribution in [0.25, 0.3) is 0 Å². The Labute approximate surface area is 154 Å². The Bertz CT molecular complexity index is 303. The number of halogens is 3. The van der Waals surface area contributed by atoms with Crippen LogP contribution in [-0.2, 0) is 28.6 Å². The number of alkyl halides is 3. The fraction of sp³-hybridized carbons (Fsp3) is 0.750. The minimum Gasteiger partial charge on any atom is -0.464 e. The van der Waals surface area contributed by atoms with Crippen molar-refractivity contribution in [1.29, 1.82) is 0 Å². The highest BCUT2D eigenvalue weighted by atomic mass is 79.9. The minimum atomic E-state index is -0.351. The van der Waals surface area contributed by atoms with E-state index in [-0.39, 0.29) is 53.7 Å². The molecule has 0 aromatic heterocycles. The molecule has 0 saturated carbocycles. The van der Waals surface area contributed by atoms with Crippen LogP contribution in [0, 0.1) is 0 Å². The van der Waals surface area contributed by atoms with Gasteiger partial charge in [0.15, 0.2) is 0 Å². The van der Waals surface area contributed by atoms with Gasteiger partial charge in [-0.05, 0) is 0 Å². The quantitative estimate of drug-likeness (QED) is 0.220. The SMILES string of the molecule is O=C(CBr)OCCN(CCOC(=O)CBr)CCOC(=O)CBr. The molecule has 0 rings (SSSR count). The molecule has 128 valence electrons. The molecule has 0 saturated heterocycles. The van der Waals surface area contributed by atoms with Crippen LogP contribution in [-0.4, -0.2) is 78.3 Å². The molecule has 0 aliphatic rings. The van der Waals surface area contributed by atoms with E-state index in [1.165, 1.54) is 0 Å². The summed E-state index contributed by atoms with van der Waals surface area (Å²) in [5, 5.41) is 0.413.